The zero-order valence-corrected chi connectivity index (χ0v) is 17.8. The van der Waals surface area contributed by atoms with Crippen LogP contribution >= 0.6 is 0 Å². The van der Waals surface area contributed by atoms with E-state index in [2.05, 4.69) is 20.0 Å². The van der Waals surface area contributed by atoms with Crippen LogP contribution in [0.15, 0.2) is 42.6 Å². The highest BCUT2D eigenvalue weighted by molar-refractivity contribution is 5.97. The van der Waals surface area contributed by atoms with E-state index in [0.717, 1.165) is 49.0 Å². The lowest BCUT2D eigenvalue weighted by molar-refractivity contribution is 0.0504. The summed E-state index contributed by atoms with van der Waals surface area (Å²) in [7, 11) is 0. The molecule has 2 fully saturated rings. The zero-order valence-electron chi connectivity index (χ0n) is 17.8. The highest BCUT2D eigenvalue weighted by atomic mass is 16.5. The summed E-state index contributed by atoms with van der Waals surface area (Å²) in [6, 6.07) is 12.0. The number of carbonyl (C=O) groups is 1. The lowest BCUT2D eigenvalue weighted by atomic mass is 9.95. The van der Waals surface area contributed by atoms with Crippen LogP contribution in [0.2, 0.25) is 0 Å². The van der Waals surface area contributed by atoms with Gasteiger partial charge in [-0.2, -0.15) is 0 Å². The highest BCUT2D eigenvalue weighted by Gasteiger charge is 2.25. The Labute approximate surface area is 182 Å². The van der Waals surface area contributed by atoms with Gasteiger partial charge in [-0.25, -0.2) is 4.68 Å². The van der Waals surface area contributed by atoms with Crippen LogP contribution in [0.1, 0.15) is 67.0 Å². The van der Waals surface area contributed by atoms with E-state index in [9.17, 15) is 4.79 Å². The first-order valence-electron chi connectivity index (χ1n) is 11.4. The molecule has 0 N–H and O–H groups in total. The largest absolute Gasteiger partial charge is 0.376 e. The number of hydrogen-bond donors (Lipinski definition) is 0. The summed E-state index contributed by atoms with van der Waals surface area (Å²) in [4.78, 5) is 19.7. The van der Waals surface area contributed by atoms with Crippen molar-refractivity contribution in [2.45, 2.75) is 63.6 Å². The summed E-state index contributed by atoms with van der Waals surface area (Å²) >= 11 is 0. The molecule has 1 aromatic carbocycles. The lowest BCUT2D eigenvalue weighted by Gasteiger charge is -2.25. The second-order valence-corrected chi connectivity index (χ2v) is 8.67. The standard InChI is InChI=1S/C24H29N5O2/c30-24(28(17-21-10-6-14-31-21)16-19-7-4-5-13-25-19)18-11-12-23-22(15-18)26-27-29(23)20-8-2-1-3-9-20/h4-5,7,11-13,15,20-21H,1-3,6,8-10,14,16-17H2/t21-/m1/s1. The summed E-state index contributed by atoms with van der Waals surface area (Å²) < 4.78 is 7.86. The summed E-state index contributed by atoms with van der Waals surface area (Å²) in [5.41, 5.74) is 3.31. The molecule has 0 spiro atoms. The maximum atomic E-state index is 13.5. The fraction of sp³-hybridized carbons (Fsp3) is 0.500. The fourth-order valence-electron chi connectivity index (χ4n) is 4.79. The lowest BCUT2D eigenvalue weighted by Crippen LogP contribution is -2.37. The molecule has 1 aliphatic heterocycles. The maximum Gasteiger partial charge on any atom is 0.254 e. The number of benzene rings is 1. The van der Waals surface area contributed by atoms with Crippen LogP contribution in [0.3, 0.4) is 0 Å². The molecule has 162 valence electrons. The minimum atomic E-state index is -0.0183. The third kappa shape index (κ3) is 4.46. The molecule has 7 heteroatoms. The summed E-state index contributed by atoms with van der Waals surface area (Å²) in [5.74, 6) is -0.0183. The fourth-order valence-corrected chi connectivity index (χ4v) is 4.79. The molecule has 1 saturated heterocycles. The molecule has 7 nitrogen and oxygen atoms in total. The second kappa shape index (κ2) is 9.14. The van der Waals surface area contributed by atoms with Crippen LogP contribution in [0, 0.1) is 0 Å². The maximum absolute atomic E-state index is 13.5. The van der Waals surface area contributed by atoms with E-state index < -0.39 is 0 Å². The first-order valence-corrected chi connectivity index (χ1v) is 11.4. The SMILES string of the molecule is O=C(c1ccc2c(c1)nnn2C1CCCCC1)N(Cc1ccccn1)C[C@H]1CCCO1. The van der Waals surface area contributed by atoms with Crippen molar-refractivity contribution < 1.29 is 9.53 Å². The van der Waals surface area contributed by atoms with Gasteiger partial charge < -0.3 is 9.64 Å². The van der Waals surface area contributed by atoms with E-state index in [1.807, 2.05) is 41.3 Å². The minimum absolute atomic E-state index is 0.0183. The van der Waals surface area contributed by atoms with Crippen LogP contribution in [0.5, 0.6) is 0 Å². The summed E-state index contributed by atoms with van der Waals surface area (Å²) in [6.45, 7) is 1.81. The number of hydrogen-bond acceptors (Lipinski definition) is 5. The van der Waals surface area contributed by atoms with E-state index in [1.165, 1.54) is 19.3 Å². The van der Waals surface area contributed by atoms with E-state index in [1.54, 1.807) is 6.20 Å². The van der Waals surface area contributed by atoms with Crippen molar-refractivity contribution in [1.29, 1.82) is 0 Å². The van der Waals surface area contributed by atoms with Crippen LogP contribution < -0.4 is 0 Å². The zero-order chi connectivity index (χ0) is 21.0. The third-order valence-electron chi connectivity index (χ3n) is 6.45. The number of rotatable bonds is 6. The number of aromatic nitrogens is 4. The Hall–Kier alpha value is -2.80. The molecule has 0 bridgehead atoms. The molecule has 1 atom stereocenters. The van der Waals surface area contributed by atoms with Crippen molar-refractivity contribution >= 4 is 16.9 Å². The molecule has 2 aliphatic rings. The third-order valence-corrected chi connectivity index (χ3v) is 6.45. The number of nitrogens with zero attached hydrogens (tertiary/aromatic N) is 5. The molecular formula is C24H29N5O2. The van der Waals surface area contributed by atoms with Crippen molar-refractivity contribution in [3.63, 3.8) is 0 Å². The van der Waals surface area contributed by atoms with Crippen molar-refractivity contribution in [3.8, 4) is 0 Å². The number of amides is 1. The predicted octanol–water partition coefficient (Wildman–Crippen LogP) is 4.15. The summed E-state index contributed by atoms with van der Waals surface area (Å²) in [6.07, 6.45) is 9.98. The number of carbonyl (C=O) groups excluding carboxylic acids is 1. The quantitative estimate of drug-likeness (QED) is 0.600. The first kappa shape index (κ1) is 20.1. The van der Waals surface area contributed by atoms with Gasteiger partial charge in [-0.3, -0.25) is 9.78 Å². The van der Waals surface area contributed by atoms with E-state index in [0.29, 0.717) is 24.7 Å². The molecule has 1 aliphatic carbocycles. The Kier molecular flexibility index (Phi) is 5.93. The average Bonchev–Trinajstić information content (AvgIpc) is 3.49. The molecule has 1 amide bonds. The van der Waals surface area contributed by atoms with Crippen LogP contribution in [-0.2, 0) is 11.3 Å². The first-order chi connectivity index (χ1) is 15.3. The normalized spacial score (nSPS) is 19.7. The Morgan fingerprint density at radius 3 is 2.77 bits per heavy atom. The molecule has 5 rings (SSSR count). The molecule has 3 heterocycles. The molecule has 2 aromatic heterocycles. The smallest absolute Gasteiger partial charge is 0.254 e. The van der Waals surface area contributed by atoms with E-state index >= 15 is 0 Å². The Bertz CT molecular complexity index is 1020. The van der Waals surface area contributed by atoms with Crippen LogP contribution in [0.4, 0.5) is 0 Å². The Balaban J connectivity index is 1.39. The Morgan fingerprint density at radius 2 is 2.00 bits per heavy atom. The predicted molar refractivity (Wildman–Crippen MR) is 118 cm³/mol. The van der Waals surface area contributed by atoms with Gasteiger partial charge in [-0.1, -0.05) is 30.5 Å². The Morgan fingerprint density at radius 1 is 1.10 bits per heavy atom. The number of ether oxygens (including phenoxy) is 1. The van der Waals surface area contributed by atoms with Crippen LogP contribution in [-0.4, -0.2) is 50.0 Å². The highest BCUT2D eigenvalue weighted by Crippen LogP contribution is 2.30. The van der Waals surface area contributed by atoms with Gasteiger partial charge in [0.2, 0.25) is 0 Å². The van der Waals surface area contributed by atoms with E-state index in [-0.39, 0.29) is 12.0 Å². The monoisotopic (exact) mass is 419 g/mol. The number of pyridine rings is 1. The number of fused-ring (bicyclic) bond motifs is 1. The topological polar surface area (TPSA) is 73.1 Å². The summed E-state index contributed by atoms with van der Waals surface area (Å²) in [5, 5.41) is 8.82. The molecule has 31 heavy (non-hydrogen) atoms. The average molecular weight is 420 g/mol. The van der Waals surface area contributed by atoms with Gasteiger partial charge in [-0.15, -0.1) is 5.10 Å². The van der Waals surface area contributed by atoms with Crippen LogP contribution in [0.25, 0.3) is 11.0 Å². The van der Waals surface area contributed by atoms with Gasteiger partial charge in [0, 0.05) is 24.9 Å². The molecule has 3 aromatic rings. The van der Waals surface area contributed by atoms with Gasteiger partial charge in [0.05, 0.1) is 29.9 Å². The second-order valence-electron chi connectivity index (χ2n) is 8.67. The van der Waals surface area contributed by atoms with Crippen molar-refractivity contribution in [3.05, 3.63) is 53.9 Å². The van der Waals surface area contributed by atoms with Gasteiger partial charge in [0.1, 0.15) is 5.52 Å². The van der Waals surface area contributed by atoms with Gasteiger partial charge >= 0.3 is 0 Å². The van der Waals surface area contributed by atoms with E-state index in [4.69, 9.17) is 4.74 Å². The van der Waals surface area contributed by atoms with Gasteiger partial charge in [0.15, 0.2) is 0 Å². The van der Waals surface area contributed by atoms with Gasteiger partial charge in [0.25, 0.3) is 5.91 Å². The van der Waals surface area contributed by atoms with Crippen molar-refractivity contribution in [1.82, 2.24) is 24.9 Å². The molecule has 0 radical (unpaired) electrons. The van der Waals surface area contributed by atoms with Crippen molar-refractivity contribution in [2.24, 2.45) is 0 Å². The molecular weight excluding hydrogens is 390 g/mol. The van der Waals surface area contributed by atoms with Gasteiger partial charge in [-0.05, 0) is 56.0 Å². The van der Waals surface area contributed by atoms with Crippen molar-refractivity contribution in [2.75, 3.05) is 13.2 Å². The minimum Gasteiger partial charge on any atom is -0.376 e. The molecule has 1 saturated carbocycles. The molecule has 0 unspecified atom stereocenters.